The van der Waals surface area contributed by atoms with Gasteiger partial charge in [0, 0.05) is 20.4 Å². The maximum Gasteiger partial charge on any atom is 0 e. The summed E-state index contributed by atoms with van der Waals surface area (Å²) in [6, 6.07) is 4.17. The third-order valence-corrected chi connectivity index (χ3v) is 1.94. The van der Waals surface area contributed by atoms with Gasteiger partial charge in [-0.15, -0.1) is 0 Å². The fourth-order valence-corrected chi connectivity index (χ4v) is 1.36. The van der Waals surface area contributed by atoms with Gasteiger partial charge in [-0.1, -0.05) is 62.9 Å². The minimum Gasteiger partial charge on any atom is -0.442 e. The molecule has 83 valence electrons. The van der Waals surface area contributed by atoms with Crippen molar-refractivity contribution in [3.63, 3.8) is 0 Å². The molecule has 2 aromatic rings. The average Bonchev–Trinajstić information content (AvgIpc) is 2.68. The van der Waals surface area contributed by atoms with Crippen LogP contribution >= 0.6 is 0 Å². The van der Waals surface area contributed by atoms with E-state index in [9.17, 15) is 0 Å². The second-order valence-corrected chi connectivity index (χ2v) is 2.95. The van der Waals surface area contributed by atoms with Gasteiger partial charge < -0.3 is 9.97 Å². The van der Waals surface area contributed by atoms with E-state index in [0.717, 1.165) is 17.5 Å². The summed E-state index contributed by atoms with van der Waals surface area (Å²) in [4.78, 5) is 8.36. The number of hydrogen-bond donors (Lipinski definition) is 0. The van der Waals surface area contributed by atoms with Crippen molar-refractivity contribution in [2.45, 2.75) is 33.6 Å². The molecule has 1 radical (unpaired) electrons. The molecular formula is C12H17N2Re-. The fourth-order valence-electron chi connectivity index (χ4n) is 1.36. The van der Waals surface area contributed by atoms with Gasteiger partial charge in [-0.25, -0.2) is 0 Å². The second kappa shape index (κ2) is 7.62. The molecule has 0 aliphatic rings. The molecule has 2 heterocycles. The van der Waals surface area contributed by atoms with Crippen molar-refractivity contribution in [2.75, 3.05) is 0 Å². The molecule has 2 nitrogen and oxygen atoms in total. The monoisotopic (exact) mass is 376 g/mol. The summed E-state index contributed by atoms with van der Waals surface area (Å²) >= 11 is 0. The molecule has 0 aromatic carbocycles. The molecule has 0 aliphatic heterocycles. The average molecular weight is 375 g/mol. The van der Waals surface area contributed by atoms with Crippen LogP contribution in [0.3, 0.4) is 0 Å². The molecule has 3 heteroatoms. The molecule has 0 saturated carbocycles. The molecule has 2 rings (SSSR count). The summed E-state index contributed by atoms with van der Waals surface area (Å²) in [7, 11) is 0. The first-order valence-electron chi connectivity index (χ1n) is 5.26. The summed E-state index contributed by atoms with van der Waals surface area (Å²) in [6.07, 6.45) is 5.99. The number of rotatable bonds is 2. The minimum absolute atomic E-state index is 0. The van der Waals surface area contributed by atoms with Crippen molar-refractivity contribution < 1.29 is 20.4 Å². The van der Waals surface area contributed by atoms with Crippen LogP contribution in [0.5, 0.6) is 0 Å². The molecule has 0 bridgehead atoms. The van der Waals surface area contributed by atoms with Crippen LogP contribution in [0.2, 0.25) is 0 Å². The van der Waals surface area contributed by atoms with E-state index in [4.69, 9.17) is 0 Å². The number of fused-ring (bicyclic) bond motifs is 1. The molecule has 0 atom stereocenters. The number of aromatic nitrogens is 2. The van der Waals surface area contributed by atoms with Crippen LogP contribution in [-0.4, -0.2) is 4.98 Å². The van der Waals surface area contributed by atoms with Crippen molar-refractivity contribution in [1.29, 1.82) is 0 Å². The van der Waals surface area contributed by atoms with Crippen LogP contribution in [-0.2, 0) is 26.8 Å². The Bertz CT molecular complexity index is 382. The van der Waals surface area contributed by atoms with E-state index in [0.29, 0.717) is 0 Å². The molecule has 0 aliphatic carbocycles. The summed E-state index contributed by atoms with van der Waals surface area (Å²) in [6.45, 7) is 6.17. The Balaban J connectivity index is 0.000000617. The van der Waals surface area contributed by atoms with E-state index in [-0.39, 0.29) is 20.4 Å². The van der Waals surface area contributed by atoms with Crippen LogP contribution < -0.4 is 4.98 Å². The SMILES string of the molecule is CC.CCCc1cnc2[n-]ccc2c1.[Re]. The predicted molar refractivity (Wildman–Crippen MR) is 60.4 cm³/mol. The fraction of sp³-hybridized carbons (Fsp3) is 0.417. The molecule has 0 amide bonds. The van der Waals surface area contributed by atoms with Crippen LogP contribution in [0, 0.1) is 0 Å². The van der Waals surface area contributed by atoms with Gasteiger partial charge in [0.15, 0.2) is 0 Å². The molecule has 0 N–H and O–H groups in total. The zero-order valence-electron chi connectivity index (χ0n) is 9.50. The Morgan fingerprint density at radius 3 is 2.73 bits per heavy atom. The van der Waals surface area contributed by atoms with Gasteiger partial charge >= 0.3 is 0 Å². The first-order valence-corrected chi connectivity index (χ1v) is 5.26. The van der Waals surface area contributed by atoms with Crippen molar-refractivity contribution >= 4 is 11.0 Å². The first-order chi connectivity index (χ1) is 6.90. The quantitative estimate of drug-likeness (QED) is 0.806. The Labute approximate surface area is 105 Å². The topological polar surface area (TPSA) is 27.0 Å². The van der Waals surface area contributed by atoms with Gasteiger partial charge in [-0.05, 0) is 11.8 Å². The normalized spacial score (nSPS) is 9.00. The molecule has 0 unspecified atom stereocenters. The zero-order valence-corrected chi connectivity index (χ0v) is 12.2. The number of nitrogens with zero attached hydrogens (tertiary/aromatic N) is 2. The first kappa shape index (κ1) is 14.4. The van der Waals surface area contributed by atoms with Gasteiger partial charge in [0.25, 0.3) is 0 Å². The maximum absolute atomic E-state index is 4.25. The van der Waals surface area contributed by atoms with E-state index >= 15 is 0 Å². The van der Waals surface area contributed by atoms with E-state index in [1.807, 2.05) is 26.1 Å². The van der Waals surface area contributed by atoms with E-state index in [1.165, 1.54) is 12.0 Å². The summed E-state index contributed by atoms with van der Waals surface area (Å²) < 4.78 is 0. The smallest absolute Gasteiger partial charge is 0 e. The van der Waals surface area contributed by atoms with Gasteiger partial charge in [0.05, 0.1) is 0 Å². The van der Waals surface area contributed by atoms with Crippen LogP contribution in [0.15, 0.2) is 24.5 Å². The van der Waals surface area contributed by atoms with Crippen LogP contribution in [0.1, 0.15) is 32.8 Å². The predicted octanol–water partition coefficient (Wildman–Crippen LogP) is 3.17. The summed E-state index contributed by atoms with van der Waals surface area (Å²) in [5.41, 5.74) is 2.16. The second-order valence-electron chi connectivity index (χ2n) is 2.95. The number of hydrogen-bond acceptors (Lipinski definition) is 1. The van der Waals surface area contributed by atoms with Gasteiger partial charge in [-0.2, -0.15) is 0 Å². The Hall–Kier alpha value is -0.648. The number of aryl methyl sites for hydroxylation is 1. The number of pyridine rings is 1. The van der Waals surface area contributed by atoms with E-state index < -0.39 is 0 Å². The maximum atomic E-state index is 4.25. The molecular weight excluding hydrogens is 358 g/mol. The van der Waals surface area contributed by atoms with Crippen molar-refractivity contribution in [3.8, 4) is 0 Å². The third-order valence-electron chi connectivity index (χ3n) is 1.94. The molecule has 2 aromatic heterocycles. The van der Waals surface area contributed by atoms with E-state index in [1.54, 1.807) is 6.20 Å². The molecule has 0 spiro atoms. The van der Waals surface area contributed by atoms with Crippen molar-refractivity contribution in [2.24, 2.45) is 0 Å². The van der Waals surface area contributed by atoms with Gasteiger partial charge in [0.2, 0.25) is 0 Å². The Morgan fingerprint density at radius 1 is 1.33 bits per heavy atom. The zero-order chi connectivity index (χ0) is 10.4. The summed E-state index contributed by atoms with van der Waals surface area (Å²) in [5, 5.41) is 1.15. The third kappa shape index (κ3) is 3.77. The Morgan fingerprint density at radius 2 is 2.07 bits per heavy atom. The molecule has 0 fully saturated rings. The van der Waals surface area contributed by atoms with Crippen molar-refractivity contribution in [3.05, 3.63) is 30.1 Å². The molecule has 15 heavy (non-hydrogen) atoms. The van der Waals surface area contributed by atoms with Gasteiger partial charge in [0.1, 0.15) is 0 Å². The van der Waals surface area contributed by atoms with E-state index in [2.05, 4.69) is 23.0 Å². The standard InChI is InChI=1S/C10H11N2.C2H6.Re/c1-2-3-8-6-9-4-5-11-10(9)12-7-8;1-2;/h4-7H,2-3H2,1H3;1-2H3;/q-1;;. The van der Waals surface area contributed by atoms with Gasteiger partial charge in [-0.3, -0.25) is 0 Å². The molecule has 0 saturated heterocycles. The Kier molecular flexibility index (Phi) is 7.29. The minimum atomic E-state index is 0. The van der Waals surface area contributed by atoms with Crippen molar-refractivity contribution in [1.82, 2.24) is 9.97 Å². The largest absolute Gasteiger partial charge is 0.442 e. The summed E-state index contributed by atoms with van der Waals surface area (Å²) in [5.74, 6) is 0. The van der Waals surface area contributed by atoms with Crippen LogP contribution in [0.4, 0.5) is 0 Å². The van der Waals surface area contributed by atoms with Crippen LogP contribution in [0.25, 0.3) is 11.0 Å².